The zero-order valence-corrected chi connectivity index (χ0v) is 14.0. The van der Waals surface area contributed by atoms with Gasteiger partial charge in [-0.3, -0.25) is 4.98 Å². The summed E-state index contributed by atoms with van der Waals surface area (Å²) in [6.07, 6.45) is 4.35. The zero-order valence-electron chi connectivity index (χ0n) is 11.7. The molecule has 0 bridgehead atoms. The van der Waals surface area contributed by atoms with E-state index in [1.54, 1.807) is 12.4 Å². The van der Waals surface area contributed by atoms with Crippen molar-refractivity contribution < 1.29 is 0 Å². The van der Waals surface area contributed by atoms with E-state index in [9.17, 15) is 0 Å². The van der Waals surface area contributed by atoms with Crippen LogP contribution in [0.2, 0.25) is 5.02 Å². The normalized spacial score (nSPS) is 12.4. The van der Waals surface area contributed by atoms with Crippen LogP contribution in [-0.2, 0) is 6.42 Å². The van der Waals surface area contributed by atoms with Crippen LogP contribution in [0.1, 0.15) is 29.7 Å². The maximum absolute atomic E-state index is 6.23. The first-order chi connectivity index (χ1) is 9.61. The van der Waals surface area contributed by atoms with Crippen LogP contribution in [0.4, 0.5) is 0 Å². The van der Waals surface area contributed by atoms with Crippen molar-refractivity contribution in [1.82, 2.24) is 10.3 Å². The number of pyridine rings is 1. The van der Waals surface area contributed by atoms with Crippen LogP contribution in [-0.4, -0.2) is 11.5 Å². The summed E-state index contributed by atoms with van der Waals surface area (Å²) in [5, 5.41) is 4.27. The summed E-state index contributed by atoms with van der Waals surface area (Å²) in [5.74, 6) is 0. The van der Waals surface area contributed by atoms with Gasteiger partial charge < -0.3 is 5.32 Å². The molecule has 1 aromatic heterocycles. The van der Waals surface area contributed by atoms with Gasteiger partial charge in [0.1, 0.15) is 0 Å². The molecule has 1 aromatic carbocycles. The third kappa shape index (κ3) is 3.81. The second-order valence-electron chi connectivity index (χ2n) is 4.78. The van der Waals surface area contributed by atoms with E-state index in [0.717, 1.165) is 28.0 Å². The lowest BCUT2D eigenvalue weighted by molar-refractivity contribution is 0.547. The number of hydrogen-bond donors (Lipinski definition) is 1. The highest BCUT2D eigenvalue weighted by Crippen LogP contribution is 2.27. The molecule has 0 fully saturated rings. The Morgan fingerprint density at radius 1 is 1.35 bits per heavy atom. The second-order valence-corrected chi connectivity index (χ2v) is 6.11. The Hall–Kier alpha value is -0.900. The maximum Gasteiger partial charge on any atom is 0.0622 e. The molecule has 2 rings (SSSR count). The summed E-state index contributed by atoms with van der Waals surface area (Å²) in [6.45, 7) is 5.17. The molecule has 0 amide bonds. The van der Waals surface area contributed by atoms with Gasteiger partial charge in [0.2, 0.25) is 0 Å². The number of rotatable bonds is 5. The van der Waals surface area contributed by atoms with Gasteiger partial charge in [-0.05, 0) is 54.8 Å². The highest BCUT2D eigenvalue weighted by molar-refractivity contribution is 9.10. The predicted molar refractivity (Wildman–Crippen MR) is 88.2 cm³/mol. The average Bonchev–Trinajstić information content (AvgIpc) is 2.43. The quantitative estimate of drug-likeness (QED) is 0.843. The maximum atomic E-state index is 6.23. The third-order valence-corrected chi connectivity index (χ3v) is 4.18. The molecule has 0 aliphatic carbocycles. The lowest BCUT2D eigenvalue weighted by atomic mass is 9.95. The van der Waals surface area contributed by atoms with Crippen LogP contribution in [0.3, 0.4) is 0 Å². The first kappa shape index (κ1) is 15.5. The van der Waals surface area contributed by atoms with Crippen molar-refractivity contribution in [2.45, 2.75) is 26.3 Å². The SMILES string of the molecule is CCNC(Cc1ccncc1Cl)c1cc(Br)ccc1C. The van der Waals surface area contributed by atoms with Gasteiger partial charge in [-0.1, -0.05) is 40.5 Å². The summed E-state index contributed by atoms with van der Waals surface area (Å²) in [5.41, 5.74) is 3.70. The first-order valence-corrected chi connectivity index (χ1v) is 7.86. The van der Waals surface area contributed by atoms with Gasteiger partial charge in [0, 0.05) is 22.9 Å². The molecule has 1 unspecified atom stereocenters. The summed E-state index contributed by atoms with van der Waals surface area (Å²) in [6, 6.07) is 8.62. The molecule has 1 atom stereocenters. The van der Waals surface area contributed by atoms with Gasteiger partial charge in [-0.15, -0.1) is 0 Å². The fraction of sp³-hybridized carbons (Fsp3) is 0.312. The summed E-state index contributed by atoms with van der Waals surface area (Å²) < 4.78 is 1.10. The standard InChI is InChI=1S/C16H18BrClN2/c1-3-20-16(8-12-6-7-19-10-15(12)18)14-9-13(17)5-4-11(14)2/h4-7,9-10,16,20H,3,8H2,1-2H3. The largest absolute Gasteiger partial charge is 0.310 e. The van der Waals surface area contributed by atoms with E-state index in [1.807, 2.05) is 6.07 Å². The number of aromatic nitrogens is 1. The van der Waals surface area contributed by atoms with Gasteiger partial charge in [0.05, 0.1) is 5.02 Å². The number of likely N-dealkylation sites (N-methyl/N-ethyl adjacent to an activating group) is 1. The van der Waals surface area contributed by atoms with Crippen molar-refractivity contribution in [1.29, 1.82) is 0 Å². The Morgan fingerprint density at radius 2 is 2.15 bits per heavy atom. The van der Waals surface area contributed by atoms with Crippen LogP contribution in [0.5, 0.6) is 0 Å². The van der Waals surface area contributed by atoms with Gasteiger partial charge in [-0.25, -0.2) is 0 Å². The molecule has 0 radical (unpaired) electrons. The summed E-state index contributed by atoms with van der Waals surface area (Å²) in [4.78, 5) is 4.04. The monoisotopic (exact) mass is 352 g/mol. The third-order valence-electron chi connectivity index (χ3n) is 3.35. The minimum Gasteiger partial charge on any atom is -0.310 e. The average molecular weight is 354 g/mol. The Kier molecular flexibility index (Phi) is 5.58. The van der Waals surface area contributed by atoms with Gasteiger partial charge in [0.25, 0.3) is 0 Å². The molecule has 20 heavy (non-hydrogen) atoms. The lowest BCUT2D eigenvalue weighted by Gasteiger charge is -2.21. The molecule has 4 heteroatoms. The Balaban J connectivity index is 2.32. The van der Waals surface area contributed by atoms with E-state index in [2.05, 4.69) is 58.3 Å². The number of aryl methyl sites for hydroxylation is 1. The highest BCUT2D eigenvalue weighted by Gasteiger charge is 2.15. The predicted octanol–water partition coefficient (Wildman–Crippen LogP) is 4.70. The summed E-state index contributed by atoms with van der Waals surface area (Å²) >= 11 is 9.78. The van der Waals surface area contributed by atoms with Crippen molar-refractivity contribution in [2.75, 3.05) is 6.54 Å². The smallest absolute Gasteiger partial charge is 0.0622 e. The van der Waals surface area contributed by atoms with Gasteiger partial charge in [-0.2, -0.15) is 0 Å². The van der Waals surface area contributed by atoms with E-state index in [-0.39, 0.29) is 6.04 Å². The molecule has 0 spiro atoms. The fourth-order valence-electron chi connectivity index (χ4n) is 2.31. The van der Waals surface area contributed by atoms with Crippen molar-refractivity contribution in [3.05, 3.63) is 62.8 Å². The molecule has 2 aromatic rings. The van der Waals surface area contributed by atoms with E-state index in [4.69, 9.17) is 11.6 Å². The molecular formula is C16H18BrClN2. The number of halogens is 2. The van der Waals surface area contributed by atoms with Crippen molar-refractivity contribution in [3.8, 4) is 0 Å². The molecule has 106 valence electrons. The van der Waals surface area contributed by atoms with Crippen LogP contribution in [0.15, 0.2) is 41.1 Å². The van der Waals surface area contributed by atoms with Crippen molar-refractivity contribution >= 4 is 27.5 Å². The minimum absolute atomic E-state index is 0.248. The Morgan fingerprint density at radius 3 is 2.85 bits per heavy atom. The van der Waals surface area contributed by atoms with Gasteiger partial charge >= 0.3 is 0 Å². The molecular weight excluding hydrogens is 336 g/mol. The topological polar surface area (TPSA) is 24.9 Å². The molecule has 0 saturated carbocycles. The Bertz CT molecular complexity index is 586. The van der Waals surface area contributed by atoms with Crippen molar-refractivity contribution in [2.24, 2.45) is 0 Å². The lowest BCUT2D eigenvalue weighted by Crippen LogP contribution is -2.24. The number of nitrogens with zero attached hydrogens (tertiary/aromatic N) is 1. The number of benzene rings is 1. The van der Waals surface area contributed by atoms with Crippen LogP contribution < -0.4 is 5.32 Å². The van der Waals surface area contributed by atoms with Crippen LogP contribution in [0, 0.1) is 6.92 Å². The molecule has 0 aliphatic rings. The minimum atomic E-state index is 0.248. The molecule has 2 nitrogen and oxygen atoms in total. The summed E-state index contributed by atoms with van der Waals surface area (Å²) in [7, 11) is 0. The van der Waals surface area contributed by atoms with Crippen LogP contribution in [0.25, 0.3) is 0 Å². The van der Waals surface area contributed by atoms with E-state index in [1.165, 1.54) is 11.1 Å². The highest BCUT2D eigenvalue weighted by atomic mass is 79.9. The van der Waals surface area contributed by atoms with E-state index >= 15 is 0 Å². The van der Waals surface area contributed by atoms with Crippen molar-refractivity contribution in [3.63, 3.8) is 0 Å². The van der Waals surface area contributed by atoms with E-state index in [0.29, 0.717) is 0 Å². The molecule has 0 aliphatic heterocycles. The zero-order chi connectivity index (χ0) is 14.5. The molecule has 0 saturated heterocycles. The van der Waals surface area contributed by atoms with E-state index < -0.39 is 0 Å². The fourth-order valence-corrected chi connectivity index (χ4v) is 2.89. The van der Waals surface area contributed by atoms with Gasteiger partial charge in [0.15, 0.2) is 0 Å². The number of nitrogens with one attached hydrogen (secondary N) is 1. The second kappa shape index (κ2) is 7.21. The molecule has 1 heterocycles. The van der Waals surface area contributed by atoms with Crippen LogP contribution >= 0.6 is 27.5 Å². The first-order valence-electron chi connectivity index (χ1n) is 6.69. The molecule has 1 N–H and O–H groups in total. The Labute approximate surface area is 133 Å². The number of hydrogen-bond acceptors (Lipinski definition) is 2.